The number of aromatic nitrogens is 2. The summed E-state index contributed by atoms with van der Waals surface area (Å²) >= 11 is 0. The molecule has 0 saturated carbocycles. The van der Waals surface area contributed by atoms with Gasteiger partial charge in [-0.15, -0.1) is 0 Å². The Balaban J connectivity index is 1.93. The average Bonchev–Trinajstić information content (AvgIpc) is 2.62. The van der Waals surface area contributed by atoms with E-state index in [0.717, 1.165) is 41.3 Å². The Morgan fingerprint density at radius 1 is 0.958 bits per heavy atom. The van der Waals surface area contributed by atoms with E-state index < -0.39 is 0 Å². The topological polar surface area (TPSA) is 41.1 Å². The molecule has 124 valence electrons. The Hall–Kier alpha value is -2.69. The smallest absolute Gasteiger partial charge is 0.227 e. The Bertz CT molecular complexity index is 813. The van der Waals surface area contributed by atoms with Crippen molar-refractivity contribution in [3.05, 3.63) is 59.9 Å². The summed E-state index contributed by atoms with van der Waals surface area (Å²) in [7, 11) is 0. The Kier molecular flexibility index (Phi) is 4.89. The Morgan fingerprint density at radius 2 is 1.67 bits per heavy atom. The minimum absolute atomic E-state index is 0.227. The van der Waals surface area contributed by atoms with Crippen LogP contribution in [0.3, 0.4) is 0 Å². The van der Waals surface area contributed by atoms with Crippen molar-refractivity contribution in [1.82, 2.24) is 9.97 Å². The van der Waals surface area contributed by atoms with E-state index in [2.05, 4.69) is 29.0 Å². The molecule has 0 aliphatic carbocycles. The number of hydrogen-bond donors (Lipinski definition) is 1. The van der Waals surface area contributed by atoms with Crippen LogP contribution in [-0.2, 0) is 6.54 Å². The van der Waals surface area contributed by atoms with Crippen molar-refractivity contribution < 1.29 is 4.39 Å². The molecular formula is C19H21FN4. The van der Waals surface area contributed by atoms with Crippen LogP contribution >= 0.6 is 0 Å². The number of benzene rings is 2. The second-order valence-corrected chi connectivity index (χ2v) is 5.54. The monoisotopic (exact) mass is 324 g/mol. The van der Waals surface area contributed by atoms with Crippen LogP contribution in [0.25, 0.3) is 10.9 Å². The molecule has 0 amide bonds. The third kappa shape index (κ3) is 3.45. The zero-order valence-electron chi connectivity index (χ0n) is 14.0. The van der Waals surface area contributed by atoms with E-state index >= 15 is 0 Å². The first-order valence-corrected chi connectivity index (χ1v) is 8.21. The number of hydrogen-bond acceptors (Lipinski definition) is 4. The maximum atomic E-state index is 13.0. The molecule has 5 heteroatoms. The third-order valence-electron chi connectivity index (χ3n) is 4.01. The number of para-hydroxylation sites is 1. The van der Waals surface area contributed by atoms with Gasteiger partial charge in [0.25, 0.3) is 0 Å². The fourth-order valence-electron chi connectivity index (χ4n) is 2.64. The molecular weight excluding hydrogens is 303 g/mol. The van der Waals surface area contributed by atoms with Crippen LogP contribution < -0.4 is 10.2 Å². The number of halogens is 1. The van der Waals surface area contributed by atoms with Crippen LogP contribution in [0.1, 0.15) is 19.4 Å². The number of rotatable bonds is 6. The van der Waals surface area contributed by atoms with Gasteiger partial charge in [-0.25, -0.2) is 9.37 Å². The van der Waals surface area contributed by atoms with Gasteiger partial charge in [0.2, 0.25) is 5.95 Å². The minimum Gasteiger partial charge on any atom is -0.365 e. The SMILES string of the molecule is CCN(CC)c1nc(NCc2ccc(F)cc2)c2ccccc2n1. The minimum atomic E-state index is -0.227. The Labute approximate surface area is 141 Å². The van der Waals surface area contributed by atoms with Crippen LogP contribution in [0.15, 0.2) is 48.5 Å². The molecule has 4 nitrogen and oxygen atoms in total. The lowest BCUT2D eigenvalue weighted by Crippen LogP contribution is -2.24. The van der Waals surface area contributed by atoms with E-state index in [1.165, 1.54) is 12.1 Å². The van der Waals surface area contributed by atoms with Gasteiger partial charge in [0, 0.05) is 25.0 Å². The van der Waals surface area contributed by atoms with Gasteiger partial charge in [0.15, 0.2) is 0 Å². The van der Waals surface area contributed by atoms with Gasteiger partial charge >= 0.3 is 0 Å². The highest BCUT2D eigenvalue weighted by Crippen LogP contribution is 2.24. The summed E-state index contributed by atoms with van der Waals surface area (Å²) in [4.78, 5) is 11.5. The van der Waals surface area contributed by atoms with E-state index in [4.69, 9.17) is 4.98 Å². The molecule has 0 fully saturated rings. The zero-order chi connectivity index (χ0) is 16.9. The largest absolute Gasteiger partial charge is 0.365 e. The molecule has 0 atom stereocenters. The summed E-state index contributed by atoms with van der Waals surface area (Å²) in [5.41, 5.74) is 1.92. The van der Waals surface area contributed by atoms with Gasteiger partial charge in [-0.3, -0.25) is 0 Å². The molecule has 0 unspecified atom stereocenters. The van der Waals surface area contributed by atoms with Gasteiger partial charge in [0.1, 0.15) is 11.6 Å². The molecule has 0 spiro atoms. The molecule has 3 rings (SSSR count). The molecule has 3 aromatic rings. The average molecular weight is 324 g/mol. The molecule has 24 heavy (non-hydrogen) atoms. The predicted molar refractivity (Wildman–Crippen MR) is 96.8 cm³/mol. The summed E-state index contributed by atoms with van der Waals surface area (Å²) in [5.74, 6) is 1.29. The van der Waals surface area contributed by atoms with Gasteiger partial charge in [0.05, 0.1) is 5.52 Å². The van der Waals surface area contributed by atoms with E-state index in [-0.39, 0.29) is 5.82 Å². The van der Waals surface area contributed by atoms with Crippen molar-refractivity contribution in [2.45, 2.75) is 20.4 Å². The number of nitrogens with one attached hydrogen (secondary N) is 1. The lowest BCUT2D eigenvalue weighted by molar-refractivity contribution is 0.627. The molecule has 1 aromatic heterocycles. The van der Waals surface area contributed by atoms with Crippen molar-refractivity contribution in [1.29, 1.82) is 0 Å². The summed E-state index contributed by atoms with van der Waals surface area (Å²) in [6.07, 6.45) is 0. The predicted octanol–water partition coefficient (Wildman–Crippen LogP) is 4.23. The summed E-state index contributed by atoms with van der Waals surface area (Å²) in [6.45, 7) is 6.47. The summed E-state index contributed by atoms with van der Waals surface area (Å²) in [5, 5.41) is 4.35. The van der Waals surface area contributed by atoms with Gasteiger partial charge in [-0.1, -0.05) is 24.3 Å². The highest BCUT2D eigenvalue weighted by atomic mass is 19.1. The van der Waals surface area contributed by atoms with Crippen molar-refractivity contribution in [3.63, 3.8) is 0 Å². The third-order valence-corrected chi connectivity index (χ3v) is 4.01. The van der Waals surface area contributed by atoms with Gasteiger partial charge < -0.3 is 10.2 Å². The summed E-state index contributed by atoms with van der Waals surface area (Å²) < 4.78 is 13.0. The van der Waals surface area contributed by atoms with Crippen LogP contribution in [0.5, 0.6) is 0 Å². The van der Waals surface area contributed by atoms with Crippen LogP contribution in [0.4, 0.5) is 16.2 Å². The quantitative estimate of drug-likeness (QED) is 0.737. The molecule has 0 bridgehead atoms. The first-order valence-electron chi connectivity index (χ1n) is 8.21. The molecule has 0 aliphatic rings. The molecule has 0 saturated heterocycles. The fourth-order valence-corrected chi connectivity index (χ4v) is 2.64. The maximum absolute atomic E-state index is 13.0. The second kappa shape index (κ2) is 7.25. The first-order chi connectivity index (χ1) is 11.7. The number of nitrogens with zero attached hydrogens (tertiary/aromatic N) is 3. The van der Waals surface area contributed by atoms with E-state index in [1.54, 1.807) is 12.1 Å². The highest BCUT2D eigenvalue weighted by Gasteiger charge is 2.11. The van der Waals surface area contributed by atoms with E-state index in [1.807, 2.05) is 24.3 Å². The normalized spacial score (nSPS) is 10.8. The second-order valence-electron chi connectivity index (χ2n) is 5.54. The van der Waals surface area contributed by atoms with Crippen molar-refractivity contribution in [3.8, 4) is 0 Å². The van der Waals surface area contributed by atoms with Crippen molar-refractivity contribution in [2.75, 3.05) is 23.3 Å². The molecule has 0 aliphatic heterocycles. The Morgan fingerprint density at radius 3 is 2.38 bits per heavy atom. The first kappa shape index (κ1) is 16.2. The van der Waals surface area contributed by atoms with Crippen LogP contribution in [0, 0.1) is 5.82 Å². The number of anilines is 2. The highest BCUT2D eigenvalue weighted by molar-refractivity contribution is 5.90. The zero-order valence-corrected chi connectivity index (χ0v) is 14.0. The van der Waals surface area contributed by atoms with Gasteiger partial charge in [-0.05, 0) is 43.7 Å². The van der Waals surface area contributed by atoms with Crippen molar-refractivity contribution in [2.24, 2.45) is 0 Å². The van der Waals surface area contributed by atoms with Crippen LogP contribution in [0.2, 0.25) is 0 Å². The van der Waals surface area contributed by atoms with E-state index in [0.29, 0.717) is 6.54 Å². The fraction of sp³-hybridized carbons (Fsp3) is 0.263. The lowest BCUT2D eigenvalue weighted by atomic mass is 10.2. The van der Waals surface area contributed by atoms with E-state index in [9.17, 15) is 4.39 Å². The maximum Gasteiger partial charge on any atom is 0.227 e. The standard InChI is InChI=1S/C19H21FN4/c1-3-24(4-2)19-22-17-8-6-5-7-16(17)18(23-19)21-13-14-9-11-15(20)12-10-14/h5-12H,3-4,13H2,1-2H3,(H,21,22,23). The van der Waals surface area contributed by atoms with Gasteiger partial charge in [-0.2, -0.15) is 4.98 Å². The van der Waals surface area contributed by atoms with Crippen molar-refractivity contribution >= 4 is 22.7 Å². The molecule has 0 radical (unpaired) electrons. The molecule has 1 N–H and O–H groups in total. The lowest BCUT2D eigenvalue weighted by Gasteiger charge is -2.20. The van der Waals surface area contributed by atoms with Crippen LogP contribution in [-0.4, -0.2) is 23.1 Å². The number of fused-ring (bicyclic) bond motifs is 1. The summed E-state index contributed by atoms with van der Waals surface area (Å²) in [6, 6.07) is 14.4. The molecule has 1 heterocycles. The molecule has 2 aromatic carbocycles.